The van der Waals surface area contributed by atoms with E-state index in [1.165, 1.54) is 0 Å². The Morgan fingerprint density at radius 1 is 1.53 bits per heavy atom. The second-order valence-electron chi connectivity index (χ2n) is 3.60. The van der Waals surface area contributed by atoms with Crippen LogP contribution in [0.4, 0.5) is 10.1 Å². The first-order chi connectivity index (χ1) is 7.95. The molecule has 7 heteroatoms. The van der Waals surface area contributed by atoms with Crippen molar-refractivity contribution in [1.82, 2.24) is 4.98 Å². The molecule has 0 bridgehead atoms. The average molecular weight is 257 g/mol. The molecule has 0 atom stereocenters. The number of nitrogens with zero attached hydrogens (tertiary/aromatic N) is 1. The summed E-state index contributed by atoms with van der Waals surface area (Å²) in [7, 11) is 0. The number of esters is 1. The van der Waals surface area contributed by atoms with Gasteiger partial charge >= 0.3 is 5.97 Å². The number of nitrogens with two attached hydrogens (primary N) is 1. The lowest BCUT2D eigenvalue weighted by Crippen LogP contribution is -2.17. The Labute approximate surface area is 103 Å². The highest BCUT2D eigenvalue weighted by Gasteiger charge is 2.19. The molecular weight excluding hydrogens is 242 g/mol. The third-order valence-corrected chi connectivity index (χ3v) is 2.68. The number of rotatable bonds is 4. The van der Waals surface area contributed by atoms with Gasteiger partial charge in [-0.05, 0) is 6.92 Å². The minimum atomic E-state index is -0.578. The van der Waals surface area contributed by atoms with Crippen LogP contribution < -0.4 is 11.1 Å². The summed E-state index contributed by atoms with van der Waals surface area (Å²) in [4.78, 5) is 26.8. The van der Waals surface area contributed by atoms with E-state index < -0.39 is 5.97 Å². The lowest BCUT2D eigenvalue weighted by Gasteiger charge is -2.03. The van der Waals surface area contributed by atoms with Crippen molar-refractivity contribution in [3.8, 4) is 0 Å². The molecule has 0 radical (unpaired) electrons. The van der Waals surface area contributed by atoms with E-state index in [2.05, 4.69) is 10.3 Å². The zero-order valence-electron chi connectivity index (χ0n) is 9.94. The van der Waals surface area contributed by atoms with E-state index in [1.807, 2.05) is 0 Å². The minimum Gasteiger partial charge on any atom is -0.461 e. The van der Waals surface area contributed by atoms with Crippen molar-refractivity contribution in [3.63, 3.8) is 0 Å². The topological polar surface area (TPSA) is 94.3 Å². The maximum Gasteiger partial charge on any atom is 0.360 e. The summed E-state index contributed by atoms with van der Waals surface area (Å²) in [6, 6.07) is 0. The number of aromatic nitrogens is 1. The highest BCUT2D eigenvalue weighted by molar-refractivity contribution is 7.19. The monoisotopic (exact) mass is 257 g/mol. The largest absolute Gasteiger partial charge is 0.461 e. The maximum absolute atomic E-state index is 11.4. The maximum atomic E-state index is 11.4. The third kappa shape index (κ3) is 3.42. The lowest BCUT2D eigenvalue weighted by atomic mass is 10.2. The molecule has 0 spiro atoms. The second-order valence-corrected chi connectivity index (χ2v) is 4.63. The van der Waals surface area contributed by atoms with Crippen LogP contribution in [0.1, 0.15) is 31.3 Å². The molecule has 1 rings (SSSR count). The molecule has 0 unspecified atom stereocenters. The van der Waals surface area contributed by atoms with Crippen molar-refractivity contribution in [1.29, 1.82) is 0 Å². The van der Waals surface area contributed by atoms with Gasteiger partial charge in [0.25, 0.3) is 0 Å². The molecule has 1 heterocycles. The van der Waals surface area contributed by atoms with Crippen LogP contribution in [0.25, 0.3) is 0 Å². The van der Waals surface area contributed by atoms with Crippen LogP contribution in [0.3, 0.4) is 0 Å². The van der Waals surface area contributed by atoms with E-state index in [-0.39, 0.29) is 29.1 Å². The Hall–Kier alpha value is -1.63. The molecule has 17 heavy (non-hydrogen) atoms. The quantitative estimate of drug-likeness (QED) is 0.797. The summed E-state index contributed by atoms with van der Waals surface area (Å²) < 4.78 is 4.79. The predicted molar refractivity (Wildman–Crippen MR) is 66.0 cm³/mol. The summed E-state index contributed by atoms with van der Waals surface area (Å²) >= 11 is 1.05. The zero-order chi connectivity index (χ0) is 13.0. The fraction of sp³-hybridized carbons (Fsp3) is 0.500. The first kappa shape index (κ1) is 13.4. The van der Waals surface area contributed by atoms with Gasteiger partial charge in [-0.25, -0.2) is 9.78 Å². The molecule has 94 valence electrons. The standard InChI is InChI=1S/C10H15N3O3S/c1-4-16-9(15)6-7(11)17-10(12-6)13-8(14)5(2)3/h5H,4,11H2,1-3H3,(H,12,13,14). The van der Waals surface area contributed by atoms with Crippen molar-refractivity contribution in [2.24, 2.45) is 5.92 Å². The van der Waals surface area contributed by atoms with Crippen LogP contribution in [-0.4, -0.2) is 23.5 Å². The first-order valence-electron chi connectivity index (χ1n) is 5.20. The zero-order valence-corrected chi connectivity index (χ0v) is 10.8. The SMILES string of the molecule is CCOC(=O)c1nc(NC(=O)C(C)C)sc1N. The van der Waals surface area contributed by atoms with Gasteiger partial charge in [0.1, 0.15) is 5.00 Å². The van der Waals surface area contributed by atoms with E-state index in [1.54, 1.807) is 20.8 Å². The van der Waals surface area contributed by atoms with Crippen molar-refractivity contribution in [2.45, 2.75) is 20.8 Å². The van der Waals surface area contributed by atoms with Crippen LogP contribution >= 0.6 is 11.3 Å². The number of hydrogen-bond acceptors (Lipinski definition) is 6. The van der Waals surface area contributed by atoms with E-state index in [4.69, 9.17) is 10.5 Å². The van der Waals surface area contributed by atoms with Crippen molar-refractivity contribution < 1.29 is 14.3 Å². The van der Waals surface area contributed by atoms with Crippen molar-refractivity contribution in [2.75, 3.05) is 17.7 Å². The molecular formula is C10H15N3O3S. The number of ether oxygens (including phenoxy) is 1. The fourth-order valence-corrected chi connectivity index (χ4v) is 1.70. The number of nitrogen functional groups attached to an aromatic ring is 1. The minimum absolute atomic E-state index is 0.0518. The molecule has 0 aliphatic carbocycles. The number of thiazole rings is 1. The van der Waals surface area contributed by atoms with Gasteiger partial charge in [0.05, 0.1) is 6.61 Å². The summed E-state index contributed by atoms with van der Waals surface area (Å²) in [5, 5.41) is 3.13. The number of nitrogens with one attached hydrogen (secondary N) is 1. The van der Waals surface area contributed by atoms with Crippen molar-refractivity contribution in [3.05, 3.63) is 5.69 Å². The number of carbonyl (C=O) groups excluding carboxylic acids is 2. The Kier molecular flexibility index (Phi) is 4.45. The van der Waals surface area contributed by atoms with Gasteiger partial charge in [0, 0.05) is 5.92 Å². The van der Waals surface area contributed by atoms with Gasteiger partial charge in [-0.15, -0.1) is 0 Å². The highest BCUT2D eigenvalue weighted by Crippen LogP contribution is 2.26. The number of anilines is 2. The van der Waals surface area contributed by atoms with Crippen LogP contribution in [0, 0.1) is 5.92 Å². The molecule has 3 N–H and O–H groups in total. The Morgan fingerprint density at radius 2 is 2.18 bits per heavy atom. The van der Waals surface area contributed by atoms with E-state index >= 15 is 0 Å². The van der Waals surface area contributed by atoms with Crippen LogP contribution in [-0.2, 0) is 9.53 Å². The van der Waals surface area contributed by atoms with Crippen molar-refractivity contribution >= 4 is 33.3 Å². The molecule has 1 aromatic rings. The van der Waals surface area contributed by atoms with E-state index in [9.17, 15) is 9.59 Å². The smallest absolute Gasteiger partial charge is 0.360 e. The molecule has 0 saturated carbocycles. The Balaban J connectivity index is 2.81. The summed E-state index contributed by atoms with van der Waals surface area (Å²) in [5.41, 5.74) is 5.68. The molecule has 0 saturated heterocycles. The summed E-state index contributed by atoms with van der Waals surface area (Å²) in [6.45, 7) is 5.47. The van der Waals surface area contributed by atoms with Gasteiger partial charge in [-0.2, -0.15) is 0 Å². The van der Waals surface area contributed by atoms with Crippen LogP contribution in [0.5, 0.6) is 0 Å². The molecule has 6 nitrogen and oxygen atoms in total. The van der Waals surface area contributed by atoms with Gasteiger partial charge in [-0.3, -0.25) is 4.79 Å². The summed E-state index contributed by atoms with van der Waals surface area (Å²) in [6.07, 6.45) is 0. The number of amides is 1. The normalized spacial score (nSPS) is 10.4. The Morgan fingerprint density at radius 3 is 2.71 bits per heavy atom. The molecule has 0 fully saturated rings. The molecule has 0 aromatic carbocycles. The average Bonchev–Trinajstić information content (AvgIpc) is 2.59. The van der Waals surface area contributed by atoms with Crippen LogP contribution in [0.2, 0.25) is 0 Å². The number of hydrogen-bond donors (Lipinski definition) is 2. The summed E-state index contributed by atoms with van der Waals surface area (Å²) in [5.74, 6) is -0.911. The molecule has 1 aromatic heterocycles. The fourth-order valence-electron chi connectivity index (χ4n) is 0.981. The first-order valence-corrected chi connectivity index (χ1v) is 6.01. The van der Waals surface area contributed by atoms with Gasteiger partial charge < -0.3 is 15.8 Å². The number of carbonyl (C=O) groups is 2. The lowest BCUT2D eigenvalue weighted by molar-refractivity contribution is -0.118. The predicted octanol–water partition coefficient (Wildman–Crippen LogP) is 1.50. The van der Waals surface area contributed by atoms with Gasteiger partial charge in [0.2, 0.25) is 5.91 Å². The third-order valence-electron chi connectivity index (χ3n) is 1.88. The van der Waals surface area contributed by atoms with E-state index in [0.717, 1.165) is 11.3 Å². The Bertz CT molecular complexity index is 428. The second kappa shape index (κ2) is 5.62. The molecule has 0 aliphatic heterocycles. The van der Waals surface area contributed by atoms with E-state index in [0.29, 0.717) is 5.13 Å². The molecule has 1 amide bonds. The van der Waals surface area contributed by atoms with Gasteiger partial charge in [-0.1, -0.05) is 25.2 Å². The van der Waals surface area contributed by atoms with Crippen LogP contribution in [0.15, 0.2) is 0 Å². The van der Waals surface area contributed by atoms with Gasteiger partial charge in [0.15, 0.2) is 10.8 Å². The highest BCUT2D eigenvalue weighted by atomic mass is 32.1. The molecule has 0 aliphatic rings.